The molecule has 0 aliphatic heterocycles. The number of alkyl halides is 2. The van der Waals surface area contributed by atoms with Gasteiger partial charge in [-0.25, -0.2) is 8.79 Å². The Morgan fingerprint density at radius 3 is 2.52 bits per heavy atom. The molecule has 166 valence electrons. The van der Waals surface area contributed by atoms with Crippen LogP contribution in [0.25, 0.3) is 27.8 Å². The van der Waals surface area contributed by atoms with Crippen molar-refractivity contribution in [2.75, 3.05) is 11.9 Å². The normalized spacial score (nSPS) is 11.9. The average molecular weight is 469 g/mol. The molecule has 0 bridgehead atoms. The first-order chi connectivity index (χ1) is 15.7. The maximum Gasteiger partial charge on any atom is 0.286 e. The summed E-state index contributed by atoms with van der Waals surface area (Å²) in [7, 11) is 1.75. The van der Waals surface area contributed by atoms with Crippen molar-refractivity contribution in [1.29, 1.82) is 0 Å². The van der Waals surface area contributed by atoms with E-state index in [1.165, 1.54) is 22.7 Å². The van der Waals surface area contributed by atoms with E-state index in [0.29, 0.717) is 22.6 Å². The Balaban J connectivity index is 1.61. The maximum atomic E-state index is 14.9. The molecule has 0 N–H and O–H groups in total. The van der Waals surface area contributed by atoms with E-state index in [-0.39, 0.29) is 22.1 Å². The van der Waals surface area contributed by atoms with E-state index in [1.54, 1.807) is 30.1 Å². The topological polar surface area (TPSA) is 59.2 Å². The monoisotopic (exact) mass is 468 g/mol. The van der Waals surface area contributed by atoms with Crippen molar-refractivity contribution in [3.8, 4) is 11.1 Å². The molecular formula is C23H16ClF3N6. The van der Waals surface area contributed by atoms with E-state index in [0.717, 1.165) is 12.5 Å². The van der Waals surface area contributed by atoms with Crippen LogP contribution in [0, 0.1) is 5.82 Å². The van der Waals surface area contributed by atoms with E-state index in [9.17, 15) is 13.2 Å². The fourth-order valence-electron chi connectivity index (χ4n) is 3.69. The van der Waals surface area contributed by atoms with Crippen molar-refractivity contribution in [3.63, 3.8) is 0 Å². The first kappa shape index (κ1) is 21.1. The molecule has 0 spiro atoms. The van der Waals surface area contributed by atoms with Gasteiger partial charge in [-0.1, -0.05) is 24.3 Å². The lowest BCUT2D eigenvalue weighted by Crippen LogP contribution is -2.14. The van der Waals surface area contributed by atoms with E-state index >= 15 is 0 Å². The fraction of sp³-hybridized carbons (Fsp3) is 0.130. The minimum absolute atomic E-state index is 0.0814. The number of halogens is 4. The smallest absolute Gasteiger partial charge is 0.286 e. The number of hydrogen-bond acceptors (Lipinski definition) is 5. The summed E-state index contributed by atoms with van der Waals surface area (Å²) in [5.41, 5.74) is 2.31. The van der Waals surface area contributed by atoms with Crippen LogP contribution < -0.4 is 4.90 Å². The largest absolute Gasteiger partial charge is 0.329 e. The van der Waals surface area contributed by atoms with E-state index in [4.69, 9.17) is 11.6 Å². The highest BCUT2D eigenvalue weighted by atomic mass is 35.5. The first-order valence-corrected chi connectivity index (χ1v) is 10.3. The minimum atomic E-state index is -3.01. The number of benzene rings is 2. The lowest BCUT2D eigenvalue weighted by molar-refractivity contribution is 0.0128. The van der Waals surface area contributed by atoms with Gasteiger partial charge in [-0.2, -0.15) is 13.8 Å². The van der Waals surface area contributed by atoms with Crippen LogP contribution >= 0.6 is 11.6 Å². The Bertz CT molecular complexity index is 1490. The minimum Gasteiger partial charge on any atom is -0.329 e. The highest BCUT2D eigenvalue weighted by Crippen LogP contribution is 2.34. The number of pyridine rings is 1. The first-order valence-electron chi connectivity index (χ1n) is 9.91. The highest BCUT2D eigenvalue weighted by molar-refractivity contribution is 6.29. The quantitative estimate of drug-likeness (QED) is 0.323. The van der Waals surface area contributed by atoms with Crippen LogP contribution in [-0.4, -0.2) is 31.6 Å². The van der Waals surface area contributed by atoms with Crippen LogP contribution in [0.3, 0.4) is 0 Å². The van der Waals surface area contributed by atoms with Gasteiger partial charge in [0, 0.05) is 31.4 Å². The number of aromatic nitrogens is 5. The lowest BCUT2D eigenvalue weighted by Gasteiger charge is -2.21. The summed E-state index contributed by atoms with van der Waals surface area (Å²) in [6, 6.07) is 14.9. The SMILES string of the molecule is CN(c1cccc(-c2ccc(C(C)(F)F)nc2)c1)c1nc2nnc(Cl)n2c2cccc(F)c12. The van der Waals surface area contributed by atoms with Crippen LogP contribution in [-0.2, 0) is 5.92 Å². The van der Waals surface area contributed by atoms with E-state index < -0.39 is 11.7 Å². The number of anilines is 2. The molecule has 5 rings (SSSR count). The molecule has 3 aromatic heterocycles. The zero-order valence-corrected chi connectivity index (χ0v) is 18.2. The molecule has 0 aliphatic carbocycles. The zero-order valence-electron chi connectivity index (χ0n) is 17.5. The summed E-state index contributed by atoms with van der Waals surface area (Å²) in [5, 5.41) is 8.16. The molecular weight excluding hydrogens is 453 g/mol. The third kappa shape index (κ3) is 3.64. The molecule has 0 saturated heterocycles. The molecule has 5 aromatic rings. The Labute approximate surface area is 191 Å². The second-order valence-corrected chi connectivity index (χ2v) is 7.94. The molecule has 0 amide bonds. The highest BCUT2D eigenvalue weighted by Gasteiger charge is 2.25. The second-order valence-electron chi connectivity index (χ2n) is 7.60. The second kappa shape index (κ2) is 7.70. The predicted octanol–water partition coefficient (Wildman–Crippen LogP) is 6.01. The summed E-state index contributed by atoms with van der Waals surface area (Å²) in [5.74, 6) is -2.92. The third-order valence-electron chi connectivity index (χ3n) is 5.37. The predicted molar refractivity (Wildman–Crippen MR) is 121 cm³/mol. The van der Waals surface area contributed by atoms with Crippen molar-refractivity contribution in [3.05, 3.63) is 77.6 Å². The van der Waals surface area contributed by atoms with Crippen molar-refractivity contribution in [1.82, 2.24) is 24.6 Å². The molecule has 3 heterocycles. The van der Waals surface area contributed by atoms with Gasteiger partial charge in [-0.15, -0.1) is 10.2 Å². The van der Waals surface area contributed by atoms with Crippen LogP contribution in [0.4, 0.5) is 24.7 Å². The molecule has 0 radical (unpaired) electrons. The molecule has 10 heteroatoms. The fourth-order valence-corrected chi connectivity index (χ4v) is 3.90. The lowest BCUT2D eigenvalue weighted by atomic mass is 10.1. The summed E-state index contributed by atoms with van der Waals surface area (Å²) < 4.78 is 43.4. The van der Waals surface area contributed by atoms with Gasteiger partial charge in [0.15, 0.2) is 0 Å². The van der Waals surface area contributed by atoms with Gasteiger partial charge in [0.05, 0.1) is 10.9 Å². The van der Waals surface area contributed by atoms with Gasteiger partial charge in [0.2, 0.25) is 5.28 Å². The Hall–Kier alpha value is -3.72. The van der Waals surface area contributed by atoms with Crippen LogP contribution in [0.2, 0.25) is 5.28 Å². The van der Waals surface area contributed by atoms with Gasteiger partial charge in [0.25, 0.3) is 11.7 Å². The van der Waals surface area contributed by atoms with Gasteiger partial charge < -0.3 is 4.90 Å². The van der Waals surface area contributed by atoms with Crippen LogP contribution in [0.15, 0.2) is 60.8 Å². The van der Waals surface area contributed by atoms with Gasteiger partial charge in [-0.05, 0) is 47.5 Å². The van der Waals surface area contributed by atoms with Crippen molar-refractivity contribution in [2.24, 2.45) is 0 Å². The Morgan fingerprint density at radius 2 is 1.79 bits per heavy atom. The van der Waals surface area contributed by atoms with Gasteiger partial charge in [0.1, 0.15) is 17.3 Å². The Kier molecular flexibility index (Phi) is 4.93. The number of hydrogen-bond donors (Lipinski definition) is 0. The molecule has 0 fully saturated rings. The van der Waals surface area contributed by atoms with E-state index in [2.05, 4.69) is 20.2 Å². The molecule has 2 aromatic carbocycles. The summed E-state index contributed by atoms with van der Waals surface area (Å²) >= 11 is 6.14. The van der Waals surface area contributed by atoms with E-state index in [1.807, 2.05) is 24.3 Å². The molecule has 6 nitrogen and oxygen atoms in total. The maximum absolute atomic E-state index is 14.9. The number of rotatable bonds is 4. The van der Waals surface area contributed by atoms with Crippen molar-refractivity contribution < 1.29 is 13.2 Å². The third-order valence-corrected chi connectivity index (χ3v) is 5.61. The molecule has 0 unspecified atom stereocenters. The molecule has 0 saturated carbocycles. The number of nitrogens with zero attached hydrogens (tertiary/aromatic N) is 6. The van der Waals surface area contributed by atoms with Crippen LogP contribution in [0.1, 0.15) is 12.6 Å². The van der Waals surface area contributed by atoms with Crippen LogP contribution in [0.5, 0.6) is 0 Å². The Morgan fingerprint density at radius 1 is 1.00 bits per heavy atom. The summed E-state index contributed by atoms with van der Waals surface area (Å²) in [6.45, 7) is 0.806. The average Bonchev–Trinajstić information content (AvgIpc) is 3.18. The van der Waals surface area contributed by atoms with Crippen molar-refractivity contribution >= 4 is 39.8 Å². The summed E-state index contributed by atoms with van der Waals surface area (Å²) in [4.78, 5) is 10.1. The zero-order chi connectivity index (χ0) is 23.3. The van der Waals surface area contributed by atoms with Crippen molar-refractivity contribution in [2.45, 2.75) is 12.8 Å². The molecule has 33 heavy (non-hydrogen) atoms. The standard InChI is InChI=1S/C23H16ClF3N6/c1-23(26,27)18-10-9-14(12-28-18)13-5-3-6-15(11-13)32(2)20-19-16(25)7-4-8-17(19)33-21(24)30-31-22(33)29-20/h3-12H,1-2H3. The number of fused-ring (bicyclic) bond motifs is 3. The summed E-state index contributed by atoms with van der Waals surface area (Å²) in [6.07, 6.45) is 1.41. The molecule has 0 atom stereocenters. The van der Waals surface area contributed by atoms with Gasteiger partial charge >= 0.3 is 0 Å². The van der Waals surface area contributed by atoms with Gasteiger partial charge in [-0.3, -0.25) is 4.98 Å². The molecule has 0 aliphatic rings.